The van der Waals surface area contributed by atoms with E-state index in [9.17, 15) is 14.4 Å². The van der Waals surface area contributed by atoms with E-state index in [1.807, 2.05) is 24.3 Å². The molecule has 192 valence electrons. The van der Waals surface area contributed by atoms with Crippen molar-refractivity contribution in [2.75, 3.05) is 50.2 Å². The first-order valence-electron chi connectivity index (χ1n) is 12.7. The molecule has 0 spiro atoms. The van der Waals surface area contributed by atoms with Gasteiger partial charge in [-0.25, -0.2) is 9.59 Å². The molecule has 0 bridgehead atoms. The summed E-state index contributed by atoms with van der Waals surface area (Å²) in [6, 6.07) is 7.80. The Morgan fingerprint density at radius 1 is 0.806 bits per heavy atom. The Bertz CT molecular complexity index is 1050. The maximum atomic E-state index is 13.2. The standard InChI is InChI=1S/C28H35N3O5/c1-35-27(33)24-11-5-8-19-31(25(24)28(34)36-2)23-14-12-22(13-15-23)30-18-9-10-21(20-30)26(32)29-16-6-3-4-7-17-29/h5,8,11-15,19,21H,3-4,6-7,9-10,16-18,20H2,1-2H3. The Kier molecular flexibility index (Phi) is 8.46. The largest absolute Gasteiger partial charge is 0.465 e. The highest BCUT2D eigenvalue weighted by Crippen LogP contribution is 2.30. The van der Waals surface area contributed by atoms with Crippen LogP contribution in [0.3, 0.4) is 0 Å². The molecule has 1 unspecified atom stereocenters. The molecule has 2 fully saturated rings. The molecule has 1 atom stereocenters. The summed E-state index contributed by atoms with van der Waals surface area (Å²) in [6.45, 7) is 3.37. The Balaban J connectivity index is 1.53. The van der Waals surface area contributed by atoms with Gasteiger partial charge in [-0.05, 0) is 62.1 Å². The average molecular weight is 494 g/mol. The number of nitrogens with zero attached hydrogens (tertiary/aromatic N) is 3. The van der Waals surface area contributed by atoms with Crippen LogP contribution >= 0.6 is 0 Å². The smallest absolute Gasteiger partial charge is 0.355 e. The molecule has 8 nitrogen and oxygen atoms in total. The topological polar surface area (TPSA) is 79.4 Å². The van der Waals surface area contributed by atoms with Gasteiger partial charge in [0.15, 0.2) is 0 Å². The van der Waals surface area contributed by atoms with Gasteiger partial charge in [0.2, 0.25) is 5.91 Å². The fourth-order valence-electron chi connectivity index (χ4n) is 5.15. The van der Waals surface area contributed by atoms with Crippen LogP contribution in [-0.4, -0.2) is 63.1 Å². The minimum Gasteiger partial charge on any atom is -0.465 e. The molecular formula is C28H35N3O5. The third-order valence-corrected chi connectivity index (χ3v) is 7.07. The normalized spacial score (nSPS) is 20.6. The first kappa shape index (κ1) is 25.5. The highest BCUT2D eigenvalue weighted by molar-refractivity contribution is 6.05. The number of ether oxygens (including phenoxy) is 2. The molecule has 1 aromatic carbocycles. The van der Waals surface area contributed by atoms with Crippen LogP contribution in [0.5, 0.6) is 0 Å². The summed E-state index contributed by atoms with van der Waals surface area (Å²) in [5, 5.41) is 0. The van der Waals surface area contributed by atoms with Gasteiger partial charge in [0.25, 0.3) is 0 Å². The Morgan fingerprint density at radius 2 is 1.47 bits per heavy atom. The Labute approximate surface area is 212 Å². The molecule has 0 N–H and O–H groups in total. The molecule has 3 heterocycles. The van der Waals surface area contributed by atoms with Gasteiger partial charge in [-0.3, -0.25) is 4.79 Å². The van der Waals surface area contributed by atoms with E-state index in [4.69, 9.17) is 9.47 Å². The number of allylic oxidation sites excluding steroid dienone is 2. The molecule has 1 aromatic rings. The number of carbonyl (C=O) groups is 3. The second kappa shape index (κ2) is 11.9. The summed E-state index contributed by atoms with van der Waals surface area (Å²) < 4.78 is 9.86. The number of anilines is 2. The zero-order chi connectivity index (χ0) is 25.5. The molecule has 0 saturated carbocycles. The molecule has 36 heavy (non-hydrogen) atoms. The van der Waals surface area contributed by atoms with E-state index < -0.39 is 11.9 Å². The van der Waals surface area contributed by atoms with Crippen molar-refractivity contribution in [3.05, 3.63) is 60.0 Å². The van der Waals surface area contributed by atoms with E-state index >= 15 is 0 Å². The molecule has 1 amide bonds. The first-order valence-corrected chi connectivity index (χ1v) is 12.7. The van der Waals surface area contributed by atoms with E-state index in [-0.39, 0.29) is 17.2 Å². The van der Waals surface area contributed by atoms with Crippen molar-refractivity contribution >= 4 is 29.2 Å². The van der Waals surface area contributed by atoms with Gasteiger partial charge in [-0.15, -0.1) is 0 Å². The molecule has 4 rings (SSSR count). The molecular weight excluding hydrogens is 458 g/mol. The van der Waals surface area contributed by atoms with Gasteiger partial charge < -0.3 is 24.2 Å². The van der Waals surface area contributed by atoms with Crippen molar-refractivity contribution in [1.29, 1.82) is 0 Å². The maximum Gasteiger partial charge on any atom is 0.355 e. The number of benzene rings is 1. The van der Waals surface area contributed by atoms with Crippen molar-refractivity contribution in [1.82, 2.24) is 4.90 Å². The Hall–Kier alpha value is -3.55. The summed E-state index contributed by atoms with van der Waals surface area (Å²) in [5.41, 5.74) is 1.93. The van der Waals surface area contributed by atoms with Crippen LogP contribution in [0.15, 0.2) is 60.0 Å². The summed E-state index contributed by atoms with van der Waals surface area (Å²) in [4.78, 5) is 44.2. The number of piperidine rings is 1. The van der Waals surface area contributed by atoms with E-state index in [0.29, 0.717) is 18.1 Å². The monoisotopic (exact) mass is 493 g/mol. The lowest BCUT2D eigenvalue weighted by molar-refractivity contribution is -0.139. The molecule has 0 aromatic heterocycles. The number of hydrogen-bond acceptors (Lipinski definition) is 7. The van der Waals surface area contributed by atoms with Crippen LogP contribution < -0.4 is 9.80 Å². The number of rotatable bonds is 5. The van der Waals surface area contributed by atoms with Crippen LogP contribution in [0.2, 0.25) is 0 Å². The highest BCUT2D eigenvalue weighted by atomic mass is 16.5. The van der Waals surface area contributed by atoms with Crippen LogP contribution in [0.25, 0.3) is 0 Å². The first-order chi connectivity index (χ1) is 17.5. The number of methoxy groups -OCH3 is 2. The van der Waals surface area contributed by atoms with E-state index in [1.165, 1.54) is 33.1 Å². The minimum atomic E-state index is -0.637. The number of hydrogen-bond donors (Lipinski definition) is 0. The van der Waals surface area contributed by atoms with Gasteiger partial charge in [0.05, 0.1) is 25.7 Å². The van der Waals surface area contributed by atoms with Crippen LogP contribution in [0.1, 0.15) is 38.5 Å². The molecule has 2 saturated heterocycles. The Morgan fingerprint density at radius 3 is 2.14 bits per heavy atom. The van der Waals surface area contributed by atoms with Gasteiger partial charge in [0, 0.05) is 43.8 Å². The fourth-order valence-corrected chi connectivity index (χ4v) is 5.15. The fraction of sp³-hybridized carbons (Fsp3) is 0.464. The molecule has 0 radical (unpaired) electrons. The van der Waals surface area contributed by atoms with E-state index in [2.05, 4.69) is 9.80 Å². The quantitative estimate of drug-likeness (QED) is 0.578. The number of carbonyl (C=O) groups excluding carboxylic acids is 3. The SMILES string of the molecule is COC(=O)C1=C(C(=O)OC)N(c2ccc(N3CCCC(C(=O)N4CCCCCC4)C3)cc2)C=CC=C1. The second-order valence-corrected chi connectivity index (χ2v) is 9.36. The third-order valence-electron chi connectivity index (χ3n) is 7.07. The van der Waals surface area contributed by atoms with Gasteiger partial charge in [-0.1, -0.05) is 18.9 Å². The summed E-state index contributed by atoms with van der Waals surface area (Å²) >= 11 is 0. The average Bonchev–Trinajstić information content (AvgIpc) is 3.34. The predicted molar refractivity (Wildman–Crippen MR) is 138 cm³/mol. The molecule has 0 aliphatic carbocycles. The van der Waals surface area contributed by atoms with Gasteiger partial charge in [0.1, 0.15) is 5.70 Å². The summed E-state index contributed by atoms with van der Waals surface area (Å²) in [6.07, 6.45) is 13.2. The van der Waals surface area contributed by atoms with Crippen LogP contribution in [-0.2, 0) is 23.9 Å². The summed E-state index contributed by atoms with van der Waals surface area (Å²) in [5.74, 6) is -0.941. The van der Waals surface area contributed by atoms with Crippen molar-refractivity contribution in [3.63, 3.8) is 0 Å². The van der Waals surface area contributed by atoms with Crippen LogP contribution in [0, 0.1) is 5.92 Å². The van der Waals surface area contributed by atoms with E-state index in [0.717, 1.165) is 51.0 Å². The van der Waals surface area contributed by atoms with Crippen molar-refractivity contribution in [2.24, 2.45) is 5.92 Å². The van der Waals surface area contributed by atoms with Crippen molar-refractivity contribution < 1.29 is 23.9 Å². The number of likely N-dealkylation sites (tertiary alicyclic amines) is 1. The lowest BCUT2D eigenvalue weighted by Gasteiger charge is -2.36. The summed E-state index contributed by atoms with van der Waals surface area (Å²) in [7, 11) is 2.56. The van der Waals surface area contributed by atoms with Crippen LogP contribution in [0.4, 0.5) is 11.4 Å². The van der Waals surface area contributed by atoms with Crippen molar-refractivity contribution in [3.8, 4) is 0 Å². The second-order valence-electron chi connectivity index (χ2n) is 9.36. The maximum absolute atomic E-state index is 13.2. The minimum absolute atomic E-state index is 0.0209. The molecule has 8 heteroatoms. The lowest BCUT2D eigenvalue weighted by atomic mass is 9.95. The van der Waals surface area contributed by atoms with E-state index in [1.54, 1.807) is 23.3 Å². The zero-order valence-electron chi connectivity index (χ0n) is 21.2. The number of esters is 2. The highest BCUT2D eigenvalue weighted by Gasteiger charge is 2.30. The zero-order valence-corrected chi connectivity index (χ0v) is 21.2. The lowest BCUT2D eigenvalue weighted by Crippen LogP contribution is -2.45. The number of amides is 1. The predicted octanol–water partition coefficient (Wildman–Crippen LogP) is 3.80. The third kappa shape index (κ3) is 5.64. The molecule has 3 aliphatic heterocycles. The van der Waals surface area contributed by atoms with Crippen molar-refractivity contribution in [2.45, 2.75) is 38.5 Å². The van der Waals surface area contributed by atoms with Gasteiger partial charge in [-0.2, -0.15) is 0 Å². The van der Waals surface area contributed by atoms with Gasteiger partial charge >= 0.3 is 11.9 Å². The molecule has 3 aliphatic rings.